The van der Waals surface area contributed by atoms with Crippen LogP contribution < -0.4 is 11.1 Å². The van der Waals surface area contributed by atoms with E-state index in [0.29, 0.717) is 10.6 Å². The second-order valence-corrected chi connectivity index (χ2v) is 3.85. The van der Waals surface area contributed by atoms with Crippen molar-refractivity contribution in [1.82, 2.24) is 0 Å². The minimum atomic E-state index is -0.615. The van der Waals surface area contributed by atoms with Gasteiger partial charge in [0.1, 0.15) is 4.88 Å². The molecule has 0 unspecified atom stereocenters. The van der Waals surface area contributed by atoms with E-state index in [2.05, 4.69) is 10.1 Å². The Balaban J connectivity index is 2.82. The average Bonchev–Trinajstić information content (AvgIpc) is 2.64. The van der Waals surface area contributed by atoms with Crippen LogP contribution in [0.25, 0.3) is 0 Å². The van der Waals surface area contributed by atoms with Gasteiger partial charge < -0.3 is 15.8 Å². The molecule has 1 atom stereocenters. The molecular weight excluding hydrogens is 216 g/mol. The maximum atomic E-state index is 11.3. The van der Waals surface area contributed by atoms with Crippen LogP contribution in [0.1, 0.15) is 16.6 Å². The molecule has 1 amide bonds. The van der Waals surface area contributed by atoms with Crippen molar-refractivity contribution < 1.29 is 14.3 Å². The first-order valence-electron chi connectivity index (χ1n) is 4.28. The smallest absolute Gasteiger partial charge is 0.350 e. The highest BCUT2D eigenvalue weighted by molar-refractivity contribution is 7.12. The lowest BCUT2D eigenvalue weighted by Gasteiger charge is -2.07. The van der Waals surface area contributed by atoms with Crippen LogP contribution >= 0.6 is 11.3 Å². The van der Waals surface area contributed by atoms with E-state index < -0.39 is 12.0 Å². The molecule has 0 spiro atoms. The van der Waals surface area contributed by atoms with Crippen LogP contribution in [0.4, 0.5) is 5.69 Å². The lowest BCUT2D eigenvalue weighted by atomic mass is 10.3. The Morgan fingerprint density at radius 3 is 2.80 bits per heavy atom. The summed E-state index contributed by atoms with van der Waals surface area (Å²) in [7, 11) is 1.29. The fraction of sp³-hybridized carbons (Fsp3) is 0.333. The molecule has 1 heterocycles. The van der Waals surface area contributed by atoms with Gasteiger partial charge >= 0.3 is 5.97 Å². The van der Waals surface area contributed by atoms with E-state index >= 15 is 0 Å². The van der Waals surface area contributed by atoms with Gasteiger partial charge in [-0.15, -0.1) is 11.3 Å². The number of hydrogen-bond donors (Lipinski definition) is 2. The van der Waals surface area contributed by atoms with Gasteiger partial charge in [0.2, 0.25) is 5.91 Å². The number of carbonyl (C=O) groups is 2. The maximum absolute atomic E-state index is 11.3. The average molecular weight is 228 g/mol. The molecule has 0 aliphatic heterocycles. The van der Waals surface area contributed by atoms with E-state index in [-0.39, 0.29) is 5.91 Å². The summed E-state index contributed by atoms with van der Waals surface area (Å²) in [5.41, 5.74) is 5.83. The van der Waals surface area contributed by atoms with Gasteiger partial charge in [0.25, 0.3) is 0 Å². The normalized spacial score (nSPS) is 11.9. The van der Waals surface area contributed by atoms with E-state index in [0.717, 1.165) is 0 Å². The largest absolute Gasteiger partial charge is 0.465 e. The third-order valence-electron chi connectivity index (χ3n) is 1.71. The third-order valence-corrected chi connectivity index (χ3v) is 2.60. The number of anilines is 1. The second kappa shape index (κ2) is 4.90. The molecule has 0 bridgehead atoms. The summed E-state index contributed by atoms with van der Waals surface area (Å²) in [6, 6.07) is 1.02. The van der Waals surface area contributed by atoms with Crippen LogP contribution in [-0.2, 0) is 9.53 Å². The summed E-state index contributed by atoms with van der Waals surface area (Å²) in [6.07, 6.45) is 0. The standard InChI is InChI=1S/C9H12N2O3S/c1-5(10)8(12)11-6-3-4-15-7(6)9(13)14-2/h3-5H,10H2,1-2H3,(H,11,12)/t5-/m0/s1. The second-order valence-electron chi connectivity index (χ2n) is 2.93. The van der Waals surface area contributed by atoms with Crippen molar-refractivity contribution in [3.63, 3.8) is 0 Å². The quantitative estimate of drug-likeness (QED) is 0.750. The summed E-state index contributed by atoms with van der Waals surface area (Å²) < 4.78 is 4.57. The topological polar surface area (TPSA) is 81.4 Å². The first-order valence-corrected chi connectivity index (χ1v) is 5.16. The molecule has 15 heavy (non-hydrogen) atoms. The zero-order valence-electron chi connectivity index (χ0n) is 8.44. The molecule has 3 N–H and O–H groups in total. The van der Waals surface area contributed by atoms with E-state index in [1.54, 1.807) is 18.4 Å². The number of esters is 1. The van der Waals surface area contributed by atoms with Crippen LogP contribution in [-0.4, -0.2) is 25.0 Å². The van der Waals surface area contributed by atoms with Gasteiger partial charge in [0.05, 0.1) is 18.8 Å². The molecule has 1 rings (SSSR count). The number of thiophene rings is 1. The number of methoxy groups -OCH3 is 1. The maximum Gasteiger partial charge on any atom is 0.350 e. The van der Waals surface area contributed by atoms with Crippen molar-refractivity contribution in [2.24, 2.45) is 5.73 Å². The Morgan fingerprint density at radius 2 is 2.27 bits per heavy atom. The van der Waals surface area contributed by atoms with Gasteiger partial charge in [-0.2, -0.15) is 0 Å². The minimum absolute atomic E-state index is 0.335. The number of rotatable bonds is 3. The van der Waals surface area contributed by atoms with Crippen LogP contribution in [0.3, 0.4) is 0 Å². The zero-order chi connectivity index (χ0) is 11.4. The molecular formula is C9H12N2O3S. The van der Waals surface area contributed by atoms with Crippen molar-refractivity contribution in [2.75, 3.05) is 12.4 Å². The van der Waals surface area contributed by atoms with E-state index in [4.69, 9.17) is 5.73 Å². The van der Waals surface area contributed by atoms with Gasteiger partial charge in [-0.05, 0) is 18.4 Å². The fourth-order valence-corrected chi connectivity index (χ4v) is 1.67. The van der Waals surface area contributed by atoms with Gasteiger partial charge in [0.15, 0.2) is 0 Å². The molecule has 1 aromatic heterocycles. The van der Waals surface area contributed by atoms with Gasteiger partial charge in [-0.3, -0.25) is 4.79 Å². The lowest BCUT2D eigenvalue weighted by Crippen LogP contribution is -2.32. The molecule has 0 radical (unpaired) electrons. The Hall–Kier alpha value is -1.40. The van der Waals surface area contributed by atoms with Gasteiger partial charge in [-0.25, -0.2) is 4.79 Å². The number of amides is 1. The molecule has 0 aliphatic rings. The summed E-state index contributed by atoms with van der Waals surface area (Å²) >= 11 is 1.21. The first kappa shape index (κ1) is 11.7. The molecule has 6 heteroatoms. The predicted octanol–water partition coefficient (Wildman–Crippen LogP) is 0.820. The van der Waals surface area contributed by atoms with Gasteiger partial charge in [-0.1, -0.05) is 0 Å². The van der Waals surface area contributed by atoms with Crippen LogP contribution in [0.2, 0.25) is 0 Å². The predicted molar refractivity (Wildman–Crippen MR) is 57.9 cm³/mol. The van der Waals surface area contributed by atoms with Crippen LogP contribution in [0.5, 0.6) is 0 Å². The Bertz CT molecular complexity index is 373. The summed E-state index contributed by atoms with van der Waals surface area (Å²) in [6.45, 7) is 1.57. The lowest BCUT2D eigenvalue weighted by molar-refractivity contribution is -0.117. The number of hydrogen-bond acceptors (Lipinski definition) is 5. The van der Waals surface area contributed by atoms with Gasteiger partial charge in [0, 0.05) is 0 Å². The van der Waals surface area contributed by atoms with E-state index in [1.165, 1.54) is 18.4 Å². The molecule has 1 aromatic rings. The number of ether oxygens (including phenoxy) is 1. The van der Waals surface area contributed by atoms with Crippen molar-refractivity contribution >= 4 is 28.9 Å². The van der Waals surface area contributed by atoms with Crippen molar-refractivity contribution in [3.05, 3.63) is 16.3 Å². The zero-order valence-corrected chi connectivity index (χ0v) is 9.26. The highest BCUT2D eigenvalue weighted by Gasteiger charge is 2.16. The summed E-state index contributed by atoms with van der Waals surface area (Å²) in [5, 5.41) is 4.25. The first-order chi connectivity index (χ1) is 7.06. The third kappa shape index (κ3) is 2.77. The molecule has 0 saturated heterocycles. The Labute approximate surface area is 91.2 Å². The highest BCUT2D eigenvalue weighted by Crippen LogP contribution is 2.22. The molecule has 0 aliphatic carbocycles. The number of nitrogens with one attached hydrogen (secondary N) is 1. The van der Waals surface area contributed by atoms with E-state index in [9.17, 15) is 9.59 Å². The van der Waals surface area contributed by atoms with Crippen molar-refractivity contribution in [1.29, 1.82) is 0 Å². The Morgan fingerprint density at radius 1 is 1.60 bits per heavy atom. The number of nitrogens with two attached hydrogens (primary N) is 1. The Kier molecular flexibility index (Phi) is 3.81. The minimum Gasteiger partial charge on any atom is -0.465 e. The van der Waals surface area contributed by atoms with Crippen molar-refractivity contribution in [2.45, 2.75) is 13.0 Å². The molecule has 0 saturated carbocycles. The SMILES string of the molecule is COC(=O)c1sccc1NC(=O)[C@H](C)N. The molecule has 5 nitrogen and oxygen atoms in total. The van der Waals surface area contributed by atoms with Crippen molar-refractivity contribution in [3.8, 4) is 0 Å². The number of carbonyl (C=O) groups excluding carboxylic acids is 2. The fourth-order valence-electron chi connectivity index (χ4n) is 0.905. The highest BCUT2D eigenvalue weighted by atomic mass is 32.1. The molecule has 82 valence electrons. The molecule has 0 aromatic carbocycles. The monoisotopic (exact) mass is 228 g/mol. The van der Waals surface area contributed by atoms with Crippen LogP contribution in [0, 0.1) is 0 Å². The van der Waals surface area contributed by atoms with Crippen LogP contribution in [0.15, 0.2) is 11.4 Å². The van der Waals surface area contributed by atoms with E-state index in [1.807, 2.05) is 0 Å². The summed E-state index contributed by atoms with van der Waals surface area (Å²) in [5.74, 6) is -0.802. The molecule has 0 fully saturated rings. The summed E-state index contributed by atoms with van der Waals surface area (Å²) in [4.78, 5) is 22.9.